The van der Waals surface area contributed by atoms with Crippen LogP contribution >= 0.6 is 0 Å². The molecule has 0 atom stereocenters. The molecule has 17 heavy (non-hydrogen) atoms. The predicted octanol–water partition coefficient (Wildman–Crippen LogP) is 4.11. The van der Waals surface area contributed by atoms with Crippen LogP contribution < -0.4 is 4.74 Å². The van der Waals surface area contributed by atoms with Crippen LogP contribution in [-0.4, -0.2) is 0 Å². The van der Waals surface area contributed by atoms with Crippen molar-refractivity contribution in [3.8, 4) is 5.75 Å². The van der Waals surface area contributed by atoms with E-state index in [2.05, 4.69) is 19.1 Å². The van der Waals surface area contributed by atoms with Gasteiger partial charge in [0.05, 0.1) is 0 Å². The fourth-order valence-corrected chi connectivity index (χ4v) is 1.55. The van der Waals surface area contributed by atoms with Gasteiger partial charge in [0, 0.05) is 0 Å². The molecule has 85 valence electrons. The maximum Gasteiger partial charge on any atom is 0.119 e. The smallest absolute Gasteiger partial charge is 0.119 e. The first-order valence-corrected chi connectivity index (χ1v) is 5.61. The standard InChI is InChI=1S/C16H15O/c1-2-6-14-9-11-16(12-10-14)17-13-15-7-4-3-5-8-15/h2-12H,1,13H2. The van der Waals surface area contributed by atoms with Crippen LogP contribution in [0.3, 0.4) is 0 Å². The summed E-state index contributed by atoms with van der Waals surface area (Å²) in [5, 5.41) is 0. The van der Waals surface area contributed by atoms with E-state index in [4.69, 9.17) is 4.74 Å². The summed E-state index contributed by atoms with van der Waals surface area (Å²) in [5.74, 6) is 0.884. The number of ether oxygens (including phenoxy) is 1. The number of hydrogen-bond acceptors (Lipinski definition) is 1. The van der Waals surface area contributed by atoms with Crippen molar-refractivity contribution >= 4 is 6.08 Å². The van der Waals surface area contributed by atoms with Gasteiger partial charge in [0.1, 0.15) is 12.4 Å². The monoisotopic (exact) mass is 223 g/mol. The molecule has 0 aliphatic carbocycles. The average Bonchev–Trinajstić information content (AvgIpc) is 2.40. The number of benzene rings is 2. The van der Waals surface area contributed by atoms with Gasteiger partial charge in [0.25, 0.3) is 0 Å². The highest BCUT2D eigenvalue weighted by Gasteiger charge is 1.95. The van der Waals surface area contributed by atoms with Crippen molar-refractivity contribution in [2.75, 3.05) is 0 Å². The Morgan fingerprint density at radius 3 is 2.29 bits per heavy atom. The van der Waals surface area contributed by atoms with Crippen molar-refractivity contribution < 1.29 is 4.74 Å². The van der Waals surface area contributed by atoms with Crippen LogP contribution in [0, 0.1) is 6.92 Å². The van der Waals surface area contributed by atoms with Crippen molar-refractivity contribution in [1.82, 2.24) is 0 Å². The van der Waals surface area contributed by atoms with Gasteiger partial charge < -0.3 is 4.74 Å². The first-order chi connectivity index (χ1) is 8.38. The summed E-state index contributed by atoms with van der Waals surface area (Å²) in [6, 6.07) is 18.1. The fourth-order valence-electron chi connectivity index (χ4n) is 1.55. The number of hydrogen-bond donors (Lipinski definition) is 0. The van der Waals surface area contributed by atoms with E-state index in [-0.39, 0.29) is 0 Å². The lowest BCUT2D eigenvalue weighted by molar-refractivity contribution is 0.306. The minimum absolute atomic E-state index is 0.603. The highest BCUT2D eigenvalue weighted by Crippen LogP contribution is 2.14. The van der Waals surface area contributed by atoms with Crippen LogP contribution in [0.1, 0.15) is 11.1 Å². The zero-order chi connectivity index (χ0) is 11.9. The van der Waals surface area contributed by atoms with Crippen molar-refractivity contribution in [3.63, 3.8) is 0 Å². The molecule has 0 N–H and O–H groups in total. The van der Waals surface area contributed by atoms with Gasteiger partial charge in [-0.05, 0) is 30.2 Å². The Hall–Kier alpha value is -2.02. The molecular weight excluding hydrogens is 208 g/mol. The van der Waals surface area contributed by atoms with E-state index < -0.39 is 0 Å². The second-order valence-electron chi connectivity index (χ2n) is 3.75. The first kappa shape index (κ1) is 11.5. The molecule has 2 rings (SSSR count). The van der Waals surface area contributed by atoms with Crippen molar-refractivity contribution in [2.24, 2.45) is 0 Å². The molecule has 0 aromatic heterocycles. The third kappa shape index (κ3) is 3.49. The Labute approximate surface area is 102 Å². The minimum atomic E-state index is 0.603. The van der Waals surface area contributed by atoms with E-state index in [9.17, 15) is 0 Å². The Morgan fingerprint density at radius 2 is 1.65 bits per heavy atom. The van der Waals surface area contributed by atoms with Gasteiger partial charge in [0.2, 0.25) is 0 Å². The van der Waals surface area contributed by atoms with Crippen LogP contribution in [0.15, 0.2) is 60.7 Å². The summed E-state index contributed by atoms with van der Waals surface area (Å²) in [7, 11) is 0. The third-order valence-corrected chi connectivity index (χ3v) is 2.44. The Kier molecular flexibility index (Phi) is 3.98. The largest absolute Gasteiger partial charge is 0.489 e. The van der Waals surface area contributed by atoms with Gasteiger partial charge in [-0.25, -0.2) is 0 Å². The first-order valence-electron chi connectivity index (χ1n) is 5.61. The van der Waals surface area contributed by atoms with Gasteiger partial charge in [0.15, 0.2) is 0 Å². The maximum absolute atomic E-state index is 5.69. The predicted molar refractivity (Wildman–Crippen MR) is 71.6 cm³/mol. The third-order valence-electron chi connectivity index (χ3n) is 2.44. The van der Waals surface area contributed by atoms with E-state index in [1.165, 1.54) is 5.56 Å². The minimum Gasteiger partial charge on any atom is -0.489 e. The lowest BCUT2D eigenvalue weighted by Gasteiger charge is -2.06. The maximum atomic E-state index is 5.69. The molecule has 0 aliphatic heterocycles. The van der Waals surface area contributed by atoms with Gasteiger partial charge in [-0.3, -0.25) is 0 Å². The molecule has 0 fully saturated rings. The SMILES string of the molecule is [CH2]C=Cc1ccc(OCc2ccccc2)cc1. The van der Waals surface area contributed by atoms with E-state index in [0.29, 0.717) is 6.61 Å². The average molecular weight is 223 g/mol. The summed E-state index contributed by atoms with van der Waals surface area (Å²) >= 11 is 0. The molecule has 1 radical (unpaired) electrons. The highest BCUT2D eigenvalue weighted by atomic mass is 16.5. The van der Waals surface area contributed by atoms with Crippen LogP contribution in [0.5, 0.6) is 5.75 Å². The zero-order valence-electron chi connectivity index (χ0n) is 9.67. The summed E-state index contributed by atoms with van der Waals surface area (Å²) in [6.07, 6.45) is 3.74. The van der Waals surface area contributed by atoms with E-state index in [0.717, 1.165) is 11.3 Å². The summed E-state index contributed by atoms with van der Waals surface area (Å²) in [6.45, 7) is 4.27. The molecular formula is C16H15O. The van der Waals surface area contributed by atoms with Crippen LogP contribution in [0.4, 0.5) is 0 Å². The van der Waals surface area contributed by atoms with Gasteiger partial charge in [-0.15, -0.1) is 0 Å². The lowest BCUT2D eigenvalue weighted by atomic mass is 10.2. The second kappa shape index (κ2) is 5.90. The molecule has 0 spiro atoms. The molecule has 1 heteroatoms. The summed E-state index contributed by atoms with van der Waals surface area (Å²) < 4.78 is 5.69. The van der Waals surface area contributed by atoms with E-state index >= 15 is 0 Å². The molecule has 2 aromatic carbocycles. The Balaban J connectivity index is 1.95. The van der Waals surface area contributed by atoms with Crippen molar-refractivity contribution in [3.05, 3.63) is 78.7 Å². The molecule has 0 unspecified atom stereocenters. The number of allylic oxidation sites excluding steroid dienone is 1. The van der Waals surface area contributed by atoms with E-state index in [1.54, 1.807) is 6.08 Å². The molecule has 1 nitrogen and oxygen atoms in total. The Morgan fingerprint density at radius 1 is 0.941 bits per heavy atom. The van der Waals surface area contributed by atoms with Crippen LogP contribution in [0.2, 0.25) is 0 Å². The zero-order valence-corrected chi connectivity index (χ0v) is 9.67. The van der Waals surface area contributed by atoms with Gasteiger partial charge >= 0.3 is 0 Å². The quantitative estimate of drug-likeness (QED) is 0.757. The highest BCUT2D eigenvalue weighted by molar-refractivity contribution is 5.50. The van der Waals surface area contributed by atoms with Crippen molar-refractivity contribution in [1.29, 1.82) is 0 Å². The molecule has 0 bridgehead atoms. The summed E-state index contributed by atoms with van der Waals surface area (Å²) in [4.78, 5) is 0. The normalized spacial score (nSPS) is 10.6. The molecule has 0 saturated heterocycles. The fraction of sp³-hybridized carbons (Fsp3) is 0.0625. The number of rotatable bonds is 4. The summed E-state index contributed by atoms with van der Waals surface area (Å²) in [5.41, 5.74) is 2.31. The Bertz CT molecular complexity index is 469. The van der Waals surface area contributed by atoms with Gasteiger partial charge in [-0.2, -0.15) is 0 Å². The van der Waals surface area contributed by atoms with Crippen LogP contribution in [-0.2, 0) is 6.61 Å². The second-order valence-corrected chi connectivity index (χ2v) is 3.75. The molecule has 0 heterocycles. The lowest BCUT2D eigenvalue weighted by Crippen LogP contribution is -1.94. The topological polar surface area (TPSA) is 9.23 Å². The van der Waals surface area contributed by atoms with Gasteiger partial charge in [-0.1, -0.05) is 54.6 Å². The molecule has 0 aliphatic rings. The van der Waals surface area contributed by atoms with E-state index in [1.807, 2.05) is 48.5 Å². The van der Waals surface area contributed by atoms with Crippen molar-refractivity contribution in [2.45, 2.75) is 6.61 Å². The molecule has 2 aromatic rings. The van der Waals surface area contributed by atoms with Crippen LogP contribution in [0.25, 0.3) is 6.08 Å². The molecule has 0 saturated carbocycles. The molecule has 0 amide bonds.